The van der Waals surface area contributed by atoms with Crippen LogP contribution in [0.2, 0.25) is 0 Å². The van der Waals surface area contributed by atoms with Gasteiger partial charge < -0.3 is 24.2 Å². The Morgan fingerprint density at radius 3 is 2.07 bits per heavy atom. The summed E-state index contributed by atoms with van der Waals surface area (Å²) in [5.74, 6) is 0.0428. The van der Waals surface area contributed by atoms with E-state index in [1.54, 1.807) is 17.0 Å². The second-order valence-corrected chi connectivity index (χ2v) is 6.12. The molecule has 28 heavy (non-hydrogen) atoms. The monoisotopic (exact) mass is 387 g/mol. The number of methoxy groups -OCH3 is 3. The van der Waals surface area contributed by atoms with Crippen LogP contribution in [0.5, 0.6) is 17.2 Å². The number of hydrogen-bond acceptors (Lipinski definition) is 5. The molecular formula is C21H25NO6. The fourth-order valence-electron chi connectivity index (χ4n) is 2.86. The maximum atomic E-state index is 13.2. The molecule has 7 nitrogen and oxygen atoms in total. The van der Waals surface area contributed by atoms with Gasteiger partial charge in [-0.15, -0.1) is 0 Å². The number of ether oxygens (including phenoxy) is 3. The minimum atomic E-state index is -0.889. The summed E-state index contributed by atoms with van der Waals surface area (Å²) < 4.78 is 16.0. The smallest absolute Gasteiger partial charge is 0.303 e. The van der Waals surface area contributed by atoms with E-state index in [2.05, 4.69) is 0 Å². The van der Waals surface area contributed by atoms with Crippen LogP contribution in [-0.2, 0) is 11.3 Å². The predicted octanol–water partition coefficient (Wildman–Crippen LogP) is 3.22. The van der Waals surface area contributed by atoms with Gasteiger partial charge in [0.25, 0.3) is 5.91 Å². The summed E-state index contributed by atoms with van der Waals surface area (Å²) in [6, 6.07) is 12.7. The molecule has 2 aromatic carbocycles. The molecule has 2 aromatic rings. The van der Waals surface area contributed by atoms with E-state index in [4.69, 9.17) is 19.3 Å². The zero-order chi connectivity index (χ0) is 20.5. The van der Waals surface area contributed by atoms with Crippen LogP contribution >= 0.6 is 0 Å². The summed E-state index contributed by atoms with van der Waals surface area (Å²) in [5.41, 5.74) is 1.33. The van der Waals surface area contributed by atoms with Crippen LogP contribution in [0.15, 0.2) is 42.5 Å². The van der Waals surface area contributed by atoms with Crippen LogP contribution in [-0.4, -0.2) is 49.8 Å². The van der Waals surface area contributed by atoms with Crippen molar-refractivity contribution in [3.8, 4) is 17.2 Å². The number of carboxylic acids is 1. The summed E-state index contributed by atoms with van der Waals surface area (Å²) in [4.78, 5) is 25.7. The van der Waals surface area contributed by atoms with E-state index in [9.17, 15) is 9.59 Å². The number of benzene rings is 2. The Hall–Kier alpha value is -3.22. The Labute approximate surface area is 164 Å². The molecule has 150 valence electrons. The molecule has 0 aliphatic heterocycles. The third-order valence-electron chi connectivity index (χ3n) is 4.23. The molecule has 0 radical (unpaired) electrons. The summed E-state index contributed by atoms with van der Waals surface area (Å²) >= 11 is 0. The standard InChI is InChI=1S/C21H25NO6/c1-26-17-12-16(13-18(27-2)20(17)28-3)21(25)22(11-7-10-19(23)24)14-15-8-5-4-6-9-15/h4-6,8-9,12-13H,7,10-11,14H2,1-3H3,(H,23,24). The molecule has 0 saturated heterocycles. The lowest BCUT2D eigenvalue weighted by atomic mass is 10.1. The van der Waals surface area contributed by atoms with Crippen LogP contribution in [0.4, 0.5) is 0 Å². The first-order valence-electron chi connectivity index (χ1n) is 8.85. The fraction of sp³-hybridized carbons (Fsp3) is 0.333. The third-order valence-corrected chi connectivity index (χ3v) is 4.23. The van der Waals surface area contributed by atoms with Crippen molar-refractivity contribution in [2.45, 2.75) is 19.4 Å². The number of rotatable bonds is 10. The van der Waals surface area contributed by atoms with Crippen molar-refractivity contribution in [1.82, 2.24) is 4.90 Å². The second kappa shape index (κ2) is 10.2. The quantitative estimate of drug-likeness (QED) is 0.674. The van der Waals surface area contributed by atoms with Crippen molar-refractivity contribution in [1.29, 1.82) is 0 Å². The van der Waals surface area contributed by atoms with E-state index < -0.39 is 5.97 Å². The summed E-state index contributed by atoms with van der Waals surface area (Å²) in [6.45, 7) is 0.687. The molecule has 7 heteroatoms. The van der Waals surface area contributed by atoms with E-state index in [1.165, 1.54) is 21.3 Å². The van der Waals surface area contributed by atoms with Gasteiger partial charge in [0.15, 0.2) is 11.5 Å². The highest BCUT2D eigenvalue weighted by Gasteiger charge is 2.21. The lowest BCUT2D eigenvalue weighted by molar-refractivity contribution is -0.137. The van der Waals surface area contributed by atoms with Crippen LogP contribution in [0.1, 0.15) is 28.8 Å². The molecule has 0 fully saturated rings. The Morgan fingerprint density at radius 1 is 0.964 bits per heavy atom. The SMILES string of the molecule is COc1cc(C(=O)N(CCCC(=O)O)Cc2ccccc2)cc(OC)c1OC. The average molecular weight is 387 g/mol. The van der Waals surface area contributed by atoms with Crippen LogP contribution in [0.25, 0.3) is 0 Å². The molecule has 0 aliphatic rings. The molecular weight excluding hydrogens is 362 g/mol. The maximum absolute atomic E-state index is 13.2. The fourth-order valence-corrected chi connectivity index (χ4v) is 2.86. The average Bonchev–Trinajstić information content (AvgIpc) is 2.71. The molecule has 0 unspecified atom stereocenters. The Bertz CT molecular complexity index is 781. The molecule has 1 N–H and O–H groups in total. The van der Waals surface area contributed by atoms with Gasteiger partial charge in [-0.3, -0.25) is 9.59 Å². The highest BCUT2D eigenvalue weighted by molar-refractivity contribution is 5.95. The van der Waals surface area contributed by atoms with E-state index in [1.807, 2.05) is 30.3 Å². The minimum absolute atomic E-state index is 0.00613. The van der Waals surface area contributed by atoms with Gasteiger partial charge in [-0.1, -0.05) is 30.3 Å². The largest absolute Gasteiger partial charge is 0.493 e. The zero-order valence-corrected chi connectivity index (χ0v) is 16.3. The Morgan fingerprint density at radius 2 is 1.57 bits per heavy atom. The third kappa shape index (κ3) is 5.39. The van der Waals surface area contributed by atoms with Gasteiger partial charge in [-0.25, -0.2) is 0 Å². The van der Waals surface area contributed by atoms with Crippen molar-refractivity contribution < 1.29 is 28.9 Å². The van der Waals surface area contributed by atoms with Crippen molar-refractivity contribution in [2.75, 3.05) is 27.9 Å². The van der Waals surface area contributed by atoms with Gasteiger partial charge in [0.1, 0.15) is 0 Å². The van der Waals surface area contributed by atoms with Crippen molar-refractivity contribution in [2.24, 2.45) is 0 Å². The first-order chi connectivity index (χ1) is 13.5. The number of carboxylic acid groups (broad SMARTS) is 1. The molecule has 0 saturated carbocycles. The predicted molar refractivity (Wildman–Crippen MR) is 104 cm³/mol. The number of nitrogens with zero attached hydrogens (tertiary/aromatic N) is 1. The summed E-state index contributed by atoms with van der Waals surface area (Å²) in [5, 5.41) is 8.92. The lowest BCUT2D eigenvalue weighted by Gasteiger charge is -2.24. The first kappa shape index (κ1) is 21.1. The van der Waals surface area contributed by atoms with Crippen LogP contribution < -0.4 is 14.2 Å². The van der Waals surface area contributed by atoms with Crippen LogP contribution in [0.3, 0.4) is 0 Å². The van der Waals surface area contributed by atoms with Crippen LogP contribution in [0, 0.1) is 0 Å². The van der Waals surface area contributed by atoms with E-state index >= 15 is 0 Å². The topological polar surface area (TPSA) is 85.3 Å². The Kier molecular flexibility index (Phi) is 7.68. The summed E-state index contributed by atoms with van der Waals surface area (Å²) in [7, 11) is 4.47. The van der Waals surface area contributed by atoms with Gasteiger partial charge in [0.05, 0.1) is 21.3 Å². The number of carbonyl (C=O) groups excluding carboxylic acids is 1. The Balaban J connectivity index is 2.33. The molecule has 0 aliphatic carbocycles. The lowest BCUT2D eigenvalue weighted by Crippen LogP contribution is -2.32. The molecule has 0 atom stereocenters. The van der Waals surface area contributed by atoms with E-state index in [0.717, 1.165) is 5.56 Å². The molecule has 0 bridgehead atoms. The van der Waals surface area contributed by atoms with Gasteiger partial charge in [-0.05, 0) is 24.1 Å². The highest BCUT2D eigenvalue weighted by Crippen LogP contribution is 2.38. The molecule has 0 aromatic heterocycles. The minimum Gasteiger partial charge on any atom is -0.493 e. The van der Waals surface area contributed by atoms with Gasteiger partial charge in [0.2, 0.25) is 5.75 Å². The normalized spacial score (nSPS) is 10.2. The van der Waals surface area contributed by atoms with E-state index in [0.29, 0.717) is 42.3 Å². The summed E-state index contributed by atoms with van der Waals surface area (Å²) in [6.07, 6.45) is 0.353. The highest BCUT2D eigenvalue weighted by atomic mass is 16.5. The second-order valence-electron chi connectivity index (χ2n) is 6.12. The zero-order valence-electron chi connectivity index (χ0n) is 16.3. The maximum Gasteiger partial charge on any atom is 0.303 e. The molecule has 0 spiro atoms. The molecule has 0 heterocycles. The number of hydrogen-bond donors (Lipinski definition) is 1. The van der Waals surface area contributed by atoms with Crippen molar-refractivity contribution in [3.05, 3.63) is 53.6 Å². The number of aliphatic carboxylic acids is 1. The number of carbonyl (C=O) groups is 2. The molecule has 2 rings (SSSR count). The number of amides is 1. The first-order valence-corrected chi connectivity index (χ1v) is 8.85. The van der Waals surface area contributed by atoms with Crippen molar-refractivity contribution in [3.63, 3.8) is 0 Å². The van der Waals surface area contributed by atoms with E-state index in [-0.39, 0.29) is 12.3 Å². The van der Waals surface area contributed by atoms with Gasteiger partial charge in [0, 0.05) is 25.1 Å². The molecule has 1 amide bonds. The van der Waals surface area contributed by atoms with Gasteiger partial charge in [-0.2, -0.15) is 0 Å². The van der Waals surface area contributed by atoms with Gasteiger partial charge >= 0.3 is 5.97 Å². The van der Waals surface area contributed by atoms with Crippen molar-refractivity contribution >= 4 is 11.9 Å².